The molecule has 6 heteroatoms. The van der Waals surface area contributed by atoms with Crippen molar-refractivity contribution >= 4 is 10.0 Å². The summed E-state index contributed by atoms with van der Waals surface area (Å²) >= 11 is 0. The Kier molecular flexibility index (Phi) is 5.38. The van der Waals surface area contributed by atoms with Crippen LogP contribution in [0.2, 0.25) is 0 Å². The standard InChI is InChI=1S/C17H20FNO3S/c1-12-10-13(2)17(14(3)11-12)23(20,21)19-8-9-22-16-7-5-4-6-15(16)18/h4-7,10-11,19H,8-9H2,1-3H3. The lowest BCUT2D eigenvalue weighted by atomic mass is 10.1. The molecule has 1 N–H and O–H groups in total. The molecule has 23 heavy (non-hydrogen) atoms. The highest BCUT2D eigenvalue weighted by Crippen LogP contribution is 2.21. The van der Waals surface area contributed by atoms with E-state index in [2.05, 4.69) is 4.72 Å². The summed E-state index contributed by atoms with van der Waals surface area (Å²) in [6.07, 6.45) is 0. The molecule has 2 aromatic rings. The maximum atomic E-state index is 13.4. The van der Waals surface area contributed by atoms with Gasteiger partial charge in [-0.25, -0.2) is 17.5 Å². The summed E-state index contributed by atoms with van der Waals surface area (Å²) in [4.78, 5) is 0.286. The number of para-hydroxylation sites is 1. The Bertz CT molecular complexity index is 780. The molecular weight excluding hydrogens is 317 g/mol. The van der Waals surface area contributed by atoms with E-state index in [4.69, 9.17) is 4.74 Å². The largest absolute Gasteiger partial charge is 0.489 e. The molecule has 0 bridgehead atoms. The van der Waals surface area contributed by atoms with Crippen molar-refractivity contribution in [2.24, 2.45) is 0 Å². The summed E-state index contributed by atoms with van der Waals surface area (Å²) in [7, 11) is -3.63. The van der Waals surface area contributed by atoms with Gasteiger partial charge in [-0.1, -0.05) is 29.8 Å². The number of rotatable bonds is 6. The zero-order valence-electron chi connectivity index (χ0n) is 13.4. The molecule has 0 saturated heterocycles. The van der Waals surface area contributed by atoms with Crippen LogP contribution in [0.1, 0.15) is 16.7 Å². The van der Waals surface area contributed by atoms with Crippen molar-refractivity contribution in [3.63, 3.8) is 0 Å². The van der Waals surface area contributed by atoms with Gasteiger partial charge in [-0.3, -0.25) is 0 Å². The van der Waals surface area contributed by atoms with Gasteiger partial charge < -0.3 is 4.74 Å². The van der Waals surface area contributed by atoms with Crippen molar-refractivity contribution in [2.45, 2.75) is 25.7 Å². The molecule has 0 aliphatic carbocycles. The van der Waals surface area contributed by atoms with Crippen molar-refractivity contribution < 1.29 is 17.5 Å². The third-order valence-electron chi connectivity index (χ3n) is 3.36. The van der Waals surface area contributed by atoms with Gasteiger partial charge in [-0.2, -0.15) is 0 Å². The number of hydrogen-bond donors (Lipinski definition) is 1. The average Bonchev–Trinajstić information content (AvgIpc) is 2.43. The highest BCUT2D eigenvalue weighted by Gasteiger charge is 2.19. The minimum atomic E-state index is -3.63. The normalized spacial score (nSPS) is 11.5. The molecule has 4 nitrogen and oxygen atoms in total. The smallest absolute Gasteiger partial charge is 0.241 e. The van der Waals surface area contributed by atoms with Gasteiger partial charge in [-0.15, -0.1) is 0 Å². The van der Waals surface area contributed by atoms with Gasteiger partial charge in [-0.05, 0) is 44.0 Å². The molecule has 124 valence electrons. The molecule has 0 unspecified atom stereocenters. The molecule has 0 atom stereocenters. The van der Waals surface area contributed by atoms with Gasteiger partial charge in [0.15, 0.2) is 11.6 Å². The molecule has 0 amide bonds. The van der Waals surface area contributed by atoms with Crippen molar-refractivity contribution in [3.8, 4) is 5.75 Å². The van der Waals surface area contributed by atoms with E-state index in [1.165, 1.54) is 12.1 Å². The van der Waals surface area contributed by atoms with Crippen LogP contribution in [0.15, 0.2) is 41.3 Å². The fraction of sp³-hybridized carbons (Fsp3) is 0.294. The predicted octanol–water partition coefficient (Wildman–Crippen LogP) is 3.11. The first-order valence-corrected chi connectivity index (χ1v) is 8.74. The second kappa shape index (κ2) is 7.10. The molecule has 0 aliphatic rings. The molecule has 0 aromatic heterocycles. The third-order valence-corrected chi connectivity index (χ3v) is 5.13. The van der Waals surface area contributed by atoms with Crippen molar-refractivity contribution in [1.29, 1.82) is 0 Å². The van der Waals surface area contributed by atoms with Gasteiger partial charge >= 0.3 is 0 Å². The number of sulfonamides is 1. The second-order valence-corrected chi connectivity index (χ2v) is 7.11. The van der Waals surface area contributed by atoms with Crippen LogP contribution in [0.4, 0.5) is 4.39 Å². The summed E-state index contributed by atoms with van der Waals surface area (Å²) in [5.41, 5.74) is 2.41. The van der Waals surface area contributed by atoms with Crippen molar-refractivity contribution in [1.82, 2.24) is 4.72 Å². The predicted molar refractivity (Wildman–Crippen MR) is 87.7 cm³/mol. The number of halogens is 1. The zero-order chi connectivity index (χ0) is 17.0. The number of hydrogen-bond acceptors (Lipinski definition) is 3. The van der Waals surface area contributed by atoms with E-state index in [-0.39, 0.29) is 23.8 Å². The lowest BCUT2D eigenvalue weighted by Crippen LogP contribution is -2.29. The molecule has 0 heterocycles. The maximum Gasteiger partial charge on any atom is 0.241 e. The van der Waals surface area contributed by atoms with Crippen LogP contribution in [0.3, 0.4) is 0 Å². The lowest BCUT2D eigenvalue weighted by molar-refractivity contribution is 0.306. The van der Waals surface area contributed by atoms with Crippen LogP contribution >= 0.6 is 0 Å². The highest BCUT2D eigenvalue weighted by molar-refractivity contribution is 7.89. The van der Waals surface area contributed by atoms with Crippen LogP contribution in [0, 0.1) is 26.6 Å². The van der Waals surface area contributed by atoms with E-state index in [0.29, 0.717) is 11.1 Å². The van der Waals surface area contributed by atoms with E-state index in [1.54, 1.807) is 26.0 Å². The minimum Gasteiger partial charge on any atom is -0.489 e. The quantitative estimate of drug-likeness (QED) is 0.824. The molecular formula is C17H20FNO3S. The molecule has 2 rings (SSSR count). The van der Waals surface area contributed by atoms with Crippen molar-refractivity contribution in [3.05, 3.63) is 58.9 Å². The Morgan fingerprint density at radius 3 is 2.30 bits per heavy atom. The third kappa shape index (κ3) is 4.30. The summed E-state index contributed by atoms with van der Waals surface area (Å²) in [5.74, 6) is -0.366. The summed E-state index contributed by atoms with van der Waals surface area (Å²) in [5, 5.41) is 0. The van der Waals surface area contributed by atoms with Crippen LogP contribution < -0.4 is 9.46 Å². The Balaban J connectivity index is 2.02. The molecule has 0 radical (unpaired) electrons. The first kappa shape index (κ1) is 17.4. The average molecular weight is 337 g/mol. The fourth-order valence-electron chi connectivity index (χ4n) is 2.56. The van der Waals surface area contributed by atoms with E-state index in [9.17, 15) is 12.8 Å². The Hall–Kier alpha value is -1.92. The number of ether oxygens (including phenoxy) is 1. The zero-order valence-corrected chi connectivity index (χ0v) is 14.2. The van der Waals surface area contributed by atoms with E-state index in [1.807, 2.05) is 19.1 Å². The summed E-state index contributed by atoms with van der Waals surface area (Å²) < 4.78 is 46.0. The second-order valence-electron chi connectivity index (χ2n) is 5.40. The SMILES string of the molecule is Cc1cc(C)c(S(=O)(=O)NCCOc2ccccc2F)c(C)c1. The monoisotopic (exact) mass is 337 g/mol. The van der Waals surface area contributed by atoms with Crippen LogP contribution in [-0.2, 0) is 10.0 Å². The van der Waals surface area contributed by atoms with E-state index < -0.39 is 15.8 Å². The maximum absolute atomic E-state index is 13.4. The van der Waals surface area contributed by atoms with Gasteiger partial charge in [0.25, 0.3) is 0 Å². The number of aryl methyl sites for hydroxylation is 3. The summed E-state index contributed by atoms with van der Waals surface area (Å²) in [6.45, 7) is 5.56. The van der Waals surface area contributed by atoms with E-state index in [0.717, 1.165) is 5.56 Å². The Morgan fingerprint density at radius 2 is 1.70 bits per heavy atom. The number of nitrogens with one attached hydrogen (secondary N) is 1. The first-order chi connectivity index (χ1) is 10.8. The van der Waals surface area contributed by atoms with Gasteiger partial charge in [0.1, 0.15) is 6.61 Å². The minimum absolute atomic E-state index is 0.0458. The molecule has 2 aromatic carbocycles. The Labute approximate surface area is 136 Å². The van der Waals surface area contributed by atoms with Crippen LogP contribution in [0.25, 0.3) is 0 Å². The van der Waals surface area contributed by atoms with Gasteiger partial charge in [0.2, 0.25) is 10.0 Å². The summed E-state index contributed by atoms with van der Waals surface area (Å²) in [6, 6.07) is 9.67. The van der Waals surface area contributed by atoms with Crippen molar-refractivity contribution in [2.75, 3.05) is 13.2 Å². The molecule has 0 aliphatic heterocycles. The van der Waals surface area contributed by atoms with Gasteiger partial charge in [0.05, 0.1) is 4.90 Å². The fourth-order valence-corrected chi connectivity index (χ4v) is 4.02. The lowest BCUT2D eigenvalue weighted by Gasteiger charge is -2.13. The van der Waals surface area contributed by atoms with Gasteiger partial charge in [0, 0.05) is 6.54 Å². The topological polar surface area (TPSA) is 55.4 Å². The molecule has 0 spiro atoms. The Morgan fingerprint density at radius 1 is 1.09 bits per heavy atom. The first-order valence-electron chi connectivity index (χ1n) is 7.26. The van der Waals surface area contributed by atoms with Crippen LogP contribution in [0.5, 0.6) is 5.75 Å². The van der Waals surface area contributed by atoms with Crippen LogP contribution in [-0.4, -0.2) is 21.6 Å². The van der Waals surface area contributed by atoms with E-state index >= 15 is 0 Å². The highest BCUT2D eigenvalue weighted by atomic mass is 32.2. The molecule has 0 saturated carbocycles. The molecule has 0 fully saturated rings. The number of benzene rings is 2.